The molecule has 4 aromatic rings. The normalized spacial score (nSPS) is 20.9. The third kappa shape index (κ3) is 5.29. The molecular formula is C37H44N8O3. The largest absolute Gasteiger partial charge is 0.378 e. The van der Waals surface area contributed by atoms with Crippen molar-refractivity contribution in [1.82, 2.24) is 24.0 Å². The van der Waals surface area contributed by atoms with Crippen LogP contribution < -0.4 is 20.7 Å². The number of nitrogens with zero attached hydrogens (tertiary/aromatic N) is 7. The molecule has 0 aromatic carbocycles. The van der Waals surface area contributed by atoms with E-state index < -0.39 is 0 Å². The van der Waals surface area contributed by atoms with Crippen molar-refractivity contribution in [2.75, 3.05) is 54.5 Å². The molecule has 2 saturated heterocycles. The second-order valence-electron chi connectivity index (χ2n) is 14.7. The van der Waals surface area contributed by atoms with E-state index in [0.717, 1.165) is 80.3 Å². The third-order valence-electron chi connectivity index (χ3n) is 10.7. The molecule has 11 heteroatoms. The van der Waals surface area contributed by atoms with E-state index in [2.05, 4.69) is 57.6 Å². The van der Waals surface area contributed by atoms with Gasteiger partial charge in [0.1, 0.15) is 23.0 Å². The number of piperazine rings is 1. The molecule has 1 N–H and O–H groups in total. The molecule has 48 heavy (non-hydrogen) atoms. The Morgan fingerprint density at radius 1 is 1.00 bits per heavy atom. The Kier molecular flexibility index (Phi) is 7.44. The van der Waals surface area contributed by atoms with Crippen LogP contribution in [-0.4, -0.2) is 81.4 Å². The van der Waals surface area contributed by atoms with Crippen molar-refractivity contribution in [3.05, 3.63) is 81.8 Å². The summed E-state index contributed by atoms with van der Waals surface area (Å²) in [7, 11) is 1.75. The summed E-state index contributed by atoms with van der Waals surface area (Å²) >= 11 is 0. The summed E-state index contributed by atoms with van der Waals surface area (Å²) in [5.41, 5.74) is 7.62. The van der Waals surface area contributed by atoms with E-state index in [-0.39, 0.29) is 16.9 Å². The van der Waals surface area contributed by atoms with E-state index in [0.29, 0.717) is 36.0 Å². The molecule has 4 aliphatic rings. The number of aryl methyl sites for hydroxylation is 1. The van der Waals surface area contributed by atoms with Gasteiger partial charge in [-0.25, -0.2) is 9.97 Å². The van der Waals surface area contributed by atoms with Gasteiger partial charge in [0.15, 0.2) is 0 Å². The summed E-state index contributed by atoms with van der Waals surface area (Å²) in [6.45, 7) is 14.8. The van der Waals surface area contributed by atoms with Crippen LogP contribution in [0.4, 0.5) is 23.0 Å². The van der Waals surface area contributed by atoms with Crippen LogP contribution in [0, 0.1) is 12.3 Å². The second kappa shape index (κ2) is 11.6. The molecule has 7 heterocycles. The summed E-state index contributed by atoms with van der Waals surface area (Å²) < 4.78 is 9.20. The Balaban J connectivity index is 1.02. The van der Waals surface area contributed by atoms with E-state index >= 15 is 0 Å². The number of fused-ring (bicyclic) bond motifs is 3. The summed E-state index contributed by atoms with van der Waals surface area (Å²) in [6, 6.07) is 10.8. The Labute approximate surface area is 281 Å². The maximum absolute atomic E-state index is 13.8. The Morgan fingerprint density at radius 2 is 1.83 bits per heavy atom. The highest BCUT2D eigenvalue weighted by atomic mass is 16.5. The number of amides is 1. The van der Waals surface area contributed by atoms with Crippen LogP contribution in [0.2, 0.25) is 0 Å². The van der Waals surface area contributed by atoms with Gasteiger partial charge in [-0.2, -0.15) is 0 Å². The van der Waals surface area contributed by atoms with Gasteiger partial charge in [-0.05, 0) is 79.1 Å². The highest BCUT2D eigenvalue weighted by molar-refractivity contribution is 6.06. The monoisotopic (exact) mass is 648 g/mol. The number of aromatic nitrogens is 4. The van der Waals surface area contributed by atoms with Crippen LogP contribution in [-0.2, 0) is 31.2 Å². The van der Waals surface area contributed by atoms with Crippen molar-refractivity contribution in [2.45, 2.75) is 59.2 Å². The minimum Gasteiger partial charge on any atom is -0.378 e. The number of pyridine rings is 3. The Hall–Kier alpha value is -4.48. The van der Waals surface area contributed by atoms with Gasteiger partial charge < -0.3 is 24.1 Å². The first-order valence-electron chi connectivity index (χ1n) is 17.1. The molecule has 0 spiro atoms. The number of hydrogen-bond acceptors (Lipinski definition) is 8. The van der Waals surface area contributed by atoms with Gasteiger partial charge in [0.25, 0.3) is 11.5 Å². The first-order chi connectivity index (χ1) is 23.1. The van der Waals surface area contributed by atoms with Crippen molar-refractivity contribution in [3.8, 4) is 11.1 Å². The van der Waals surface area contributed by atoms with Crippen molar-refractivity contribution in [3.63, 3.8) is 0 Å². The standard InChI is InChI=1S/C37H44N8O3/c1-23-19-42(28-21-48-22-28)10-11-43(23)27-6-7-33(39-18-27)40-30-14-26(20-41(5)35(30)46)29-8-9-38-34(24(29)2)45-13-12-44-31(36(45)47)15-25-16-37(3,4)17-32(25)44/h6-9,14-15,18,20,23,28H,10-13,16-17,19,21-22H2,1-5H3,(H,39,40)/t23-/m0/s1. The smallest absolute Gasteiger partial charge is 0.276 e. The second-order valence-corrected chi connectivity index (χ2v) is 14.7. The third-order valence-corrected chi connectivity index (χ3v) is 10.7. The van der Waals surface area contributed by atoms with E-state index in [1.54, 1.807) is 17.8 Å². The highest BCUT2D eigenvalue weighted by Crippen LogP contribution is 2.40. The molecule has 0 unspecified atom stereocenters. The SMILES string of the molecule is Cc1c(-c2cc(Nc3ccc(N4CCN(C5COC5)C[C@@H]4C)cn3)c(=O)n(C)c2)ccnc1N1CCn2c(cc3c2CC(C)(C)C3)C1=O. The lowest BCUT2D eigenvalue weighted by Crippen LogP contribution is -2.59. The molecule has 1 atom stereocenters. The van der Waals surface area contributed by atoms with Gasteiger partial charge in [0.05, 0.1) is 31.1 Å². The summed E-state index contributed by atoms with van der Waals surface area (Å²) in [5, 5.41) is 3.27. The highest BCUT2D eigenvalue weighted by Gasteiger charge is 2.37. The van der Waals surface area contributed by atoms with E-state index in [4.69, 9.17) is 9.72 Å². The molecule has 250 valence electrons. The summed E-state index contributed by atoms with van der Waals surface area (Å²) in [4.78, 5) is 43.2. The van der Waals surface area contributed by atoms with Gasteiger partial charge in [0, 0.05) is 69.5 Å². The molecule has 1 aliphatic carbocycles. The van der Waals surface area contributed by atoms with E-state index in [9.17, 15) is 9.59 Å². The van der Waals surface area contributed by atoms with Crippen molar-refractivity contribution < 1.29 is 9.53 Å². The van der Waals surface area contributed by atoms with Crippen molar-refractivity contribution in [1.29, 1.82) is 0 Å². The maximum atomic E-state index is 13.8. The van der Waals surface area contributed by atoms with Gasteiger partial charge in [-0.15, -0.1) is 0 Å². The van der Waals surface area contributed by atoms with Gasteiger partial charge in [-0.1, -0.05) is 13.8 Å². The first kappa shape index (κ1) is 30.8. The van der Waals surface area contributed by atoms with Crippen molar-refractivity contribution in [2.24, 2.45) is 12.5 Å². The zero-order valence-electron chi connectivity index (χ0n) is 28.5. The molecule has 8 rings (SSSR count). The summed E-state index contributed by atoms with van der Waals surface area (Å²) in [6.07, 6.45) is 7.47. The predicted molar refractivity (Wildman–Crippen MR) is 187 cm³/mol. The number of nitrogens with one attached hydrogen (secondary N) is 1. The van der Waals surface area contributed by atoms with E-state index in [1.165, 1.54) is 11.3 Å². The Morgan fingerprint density at radius 3 is 2.56 bits per heavy atom. The molecule has 4 aromatic heterocycles. The average molecular weight is 649 g/mol. The van der Waals surface area contributed by atoms with Crippen LogP contribution in [0.25, 0.3) is 11.1 Å². The lowest BCUT2D eigenvalue weighted by atomic mass is 9.90. The number of carbonyl (C=O) groups excluding carboxylic acids is 1. The lowest BCUT2D eigenvalue weighted by molar-refractivity contribution is -0.0691. The fourth-order valence-electron chi connectivity index (χ4n) is 8.07. The number of rotatable bonds is 6. The molecule has 0 bridgehead atoms. The van der Waals surface area contributed by atoms with Gasteiger partial charge >= 0.3 is 0 Å². The zero-order chi connectivity index (χ0) is 33.3. The number of carbonyl (C=O) groups is 1. The number of hydrogen-bond donors (Lipinski definition) is 1. The van der Waals surface area contributed by atoms with Crippen LogP contribution in [0.5, 0.6) is 0 Å². The molecule has 3 aliphatic heterocycles. The molecular weight excluding hydrogens is 604 g/mol. The van der Waals surface area contributed by atoms with E-state index in [1.807, 2.05) is 42.4 Å². The topological polar surface area (TPSA) is 101 Å². The summed E-state index contributed by atoms with van der Waals surface area (Å²) in [5.74, 6) is 1.25. The average Bonchev–Trinajstić information content (AvgIpc) is 3.52. The maximum Gasteiger partial charge on any atom is 0.276 e. The van der Waals surface area contributed by atoms with Crippen LogP contribution >= 0.6 is 0 Å². The number of anilines is 4. The molecule has 0 saturated carbocycles. The minimum absolute atomic E-state index is 0.0113. The van der Waals surface area contributed by atoms with Crippen LogP contribution in [0.1, 0.15) is 48.1 Å². The van der Waals surface area contributed by atoms with Gasteiger partial charge in [-0.3, -0.25) is 19.4 Å². The van der Waals surface area contributed by atoms with Crippen LogP contribution in [0.3, 0.4) is 0 Å². The van der Waals surface area contributed by atoms with Crippen LogP contribution in [0.15, 0.2) is 53.7 Å². The number of ether oxygens (including phenoxy) is 1. The zero-order valence-corrected chi connectivity index (χ0v) is 28.5. The first-order valence-corrected chi connectivity index (χ1v) is 17.1. The Bertz CT molecular complexity index is 1960. The lowest BCUT2D eigenvalue weighted by Gasteiger charge is -2.46. The quantitative estimate of drug-likeness (QED) is 0.329. The van der Waals surface area contributed by atoms with Gasteiger partial charge in [0.2, 0.25) is 0 Å². The minimum atomic E-state index is -0.149. The van der Waals surface area contributed by atoms with Crippen molar-refractivity contribution >= 4 is 28.9 Å². The predicted octanol–water partition coefficient (Wildman–Crippen LogP) is 4.39. The molecule has 1 amide bonds. The fourth-order valence-corrected chi connectivity index (χ4v) is 8.07. The molecule has 0 radical (unpaired) electrons. The fraction of sp³-hybridized carbons (Fsp3) is 0.459. The molecule has 11 nitrogen and oxygen atoms in total. The molecule has 2 fully saturated rings.